The third-order valence-corrected chi connectivity index (χ3v) is 11.9. The number of nitrogens with zero attached hydrogens (tertiary/aromatic N) is 4. The lowest BCUT2D eigenvalue weighted by molar-refractivity contribution is -0.0407. The number of benzene rings is 2. The summed E-state index contributed by atoms with van der Waals surface area (Å²) in [5.74, 6) is 1.30. The Balaban J connectivity index is 1.03. The monoisotopic (exact) mass is 622 g/mol. The van der Waals surface area contributed by atoms with Gasteiger partial charge in [0.15, 0.2) is 0 Å². The third-order valence-electron chi connectivity index (χ3n) is 10.6. The van der Waals surface area contributed by atoms with Gasteiger partial charge in [0.25, 0.3) is 0 Å². The van der Waals surface area contributed by atoms with Crippen LogP contribution < -0.4 is 25.3 Å². The number of para-hydroxylation sites is 2. The van der Waals surface area contributed by atoms with Crippen LogP contribution in [0.1, 0.15) is 32.1 Å². The van der Waals surface area contributed by atoms with Gasteiger partial charge in [0.05, 0.1) is 24.7 Å². The molecular formula is C32H42N6O5S. The summed E-state index contributed by atoms with van der Waals surface area (Å²) in [6.45, 7) is 3.54. The van der Waals surface area contributed by atoms with E-state index in [2.05, 4.69) is 50.8 Å². The predicted octanol–water partition coefficient (Wildman–Crippen LogP) is 3.74. The number of piperazine rings is 1. The number of amides is 3. The van der Waals surface area contributed by atoms with Crippen molar-refractivity contribution in [3.8, 4) is 0 Å². The molecule has 0 aromatic heterocycles. The first-order valence-electron chi connectivity index (χ1n) is 15.7. The summed E-state index contributed by atoms with van der Waals surface area (Å²) in [6.07, 6.45) is 5.88. The molecule has 11 nitrogen and oxygen atoms in total. The molecule has 4 bridgehead atoms. The van der Waals surface area contributed by atoms with Crippen molar-refractivity contribution in [1.82, 2.24) is 14.9 Å². The summed E-state index contributed by atoms with van der Waals surface area (Å²) in [7, 11) is -1.75. The Hall–Kier alpha value is -3.51. The molecule has 236 valence electrons. The third kappa shape index (κ3) is 5.36. The lowest BCUT2D eigenvalue weighted by atomic mass is 9.51. The largest absolute Gasteiger partial charge is 0.453 e. The van der Waals surface area contributed by atoms with E-state index in [-0.39, 0.29) is 23.7 Å². The standard InChI is InChI=1S/C32H42N6O5S/c1-43-31(40)34-32-19-22-17-23(20-32)29(24(18-22)21-32)33-30(39)38-16-15-37(27-5-3-4-6-28(27)38)26-9-7-25(8-10-26)35-11-13-36(14-12-35)44(2,41)42/h3-10,22-24,29H,11-21H2,1-2H3,(H,33,39)(H,34,40)/t22?,23-,24?,29?,32?/m0/s1. The number of hydrogen-bond acceptors (Lipinski definition) is 7. The zero-order valence-electron chi connectivity index (χ0n) is 25.4. The molecule has 3 amide bonds. The van der Waals surface area contributed by atoms with E-state index in [1.807, 2.05) is 23.1 Å². The van der Waals surface area contributed by atoms with E-state index in [0.29, 0.717) is 57.0 Å². The van der Waals surface area contributed by atoms with E-state index in [9.17, 15) is 18.0 Å². The fourth-order valence-electron chi connectivity index (χ4n) is 8.86. The van der Waals surface area contributed by atoms with Gasteiger partial charge in [0, 0.05) is 62.2 Å². The molecule has 2 N–H and O–H groups in total. The molecule has 4 saturated carbocycles. The normalized spacial score (nSPS) is 29.7. The van der Waals surface area contributed by atoms with Crippen molar-refractivity contribution < 1.29 is 22.7 Å². The fraction of sp³-hybridized carbons (Fsp3) is 0.562. The molecule has 0 spiro atoms. The number of nitrogens with one attached hydrogen (secondary N) is 2. The van der Waals surface area contributed by atoms with Crippen LogP contribution in [0, 0.1) is 17.8 Å². The molecular weight excluding hydrogens is 580 g/mol. The van der Waals surface area contributed by atoms with E-state index in [1.54, 1.807) is 0 Å². The van der Waals surface area contributed by atoms with Crippen molar-refractivity contribution in [3.05, 3.63) is 48.5 Å². The number of carbonyl (C=O) groups excluding carboxylic acids is 2. The quantitative estimate of drug-likeness (QED) is 0.522. The van der Waals surface area contributed by atoms with Crippen LogP contribution in [0.3, 0.4) is 0 Å². The Bertz CT molecular complexity index is 1510. The highest BCUT2D eigenvalue weighted by Gasteiger charge is 2.56. The van der Waals surface area contributed by atoms with Crippen LogP contribution in [0.15, 0.2) is 48.5 Å². The van der Waals surface area contributed by atoms with Crippen molar-refractivity contribution in [2.45, 2.75) is 43.7 Å². The Kier molecular flexibility index (Phi) is 7.39. The number of urea groups is 1. The number of alkyl carbamates (subject to hydrolysis) is 1. The van der Waals surface area contributed by atoms with Gasteiger partial charge in [0.2, 0.25) is 10.0 Å². The molecule has 2 aliphatic heterocycles. The van der Waals surface area contributed by atoms with Crippen molar-refractivity contribution in [2.24, 2.45) is 17.8 Å². The van der Waals surface area contributed by atoms with Crippen LogP contribution in [-0.2, 0) is 14.8 Å². The van der Waals surface area contributed by atoms with Gasteiger partial charge in [-0.15, -0.1) is 0 Å². The molecule has 8 rings (SSSR count). The molecule has 1 saturated heterocycles. The Morgan fingerprint density at radius 3 is 2.11 bits per heavy atom. The number of sulfonamides is 1. The average Bonchev–Trinajstić information content (AvgIpc) is 3.01. The van der Waals surface area contributed by atoms with Crippen molar-refractivity contribution in [2.75, 3.05) is 67.3 Å². The summed E-state index contributed by atoms with van der Waals surface area (Å²) >= 11 is 0. The minimum atomic E-state index is -3.16. The Morgan fingerprint density at radius 1 is 0.841 bits per heavy atom. The SMILES string of the molecule is COC(=O)NC12CC3CC(C1)C(NC(=O)N1CCN(c4ccc(N5CCN(S(C)(=O)=O)CC5)cc4)c4ccccc41)[C@@H](C3)C2. The van der Waals surface area contributed by atoms with Gasteiger partial charge in [-0.3, -0.25) is 4.90 Å². The zero-order valence-corrected chi connectivity index (χ0v) is 26.3. The smallest absolute Gasteiger partial charge is 0.407 e. The second-order valence-electron chi connectivity index (χ2n) is 13.3. The molecule has 4 unspecified atom stereocenters. The first-order valence-corrected chi connectivity index (χ1v) is 17.6. The van der Waals surface area contributed by atoms with Crippen LogP contribution in [0.4, 0.5) is 32.3 Å². The lowest BCUT2D eigenvalue weighted by Crippen LogP contribution is -2.67. The highest BCUT2D eigenvalue weighted by atomic mass is 32.2. The first kappa shape index (κ1) is 29.2. The number of carbonyl (C=O) groups is 2. The minimum absolute atomic E-state index is 0.0480. The van der Waals surface area contributed by atoms with Crippen molar-refractivity contribution in [3.63, 3.8) is 0 Å². The summed E-state index contributed by atoms with van der Waals surface area (Å²) < 4.78 is 30.2. The van der Waals surface area contributed by atoms with Gasteiger partial charge in [-0.25, -0.2) is 18.0 Å². The Labute approximate surface area is 259 Å². The van der Waals surface area contributed by atoms with Gasteiger partial charge in [0.1, 0.15) is 0 Å². The molecule has 12 heteroatoms. The molecule has 5 fully saturated rings. The summed E-state index contributed by atoms with van der Waals surface area (Å²) in [5.41, 5.74) is 3.82. The van der Waals surface area contributed by atoms with Gasteiger partial charge in [-0.1, -0.05) is 12.1 Å². The van der Waals surface area contributed by atoms with Gasteiger partial charge in [-0.2, -0.15) is 4.31 Å². The maximum Gasteiger partial charge on any atom is 0.407 e. The number of fused-ring (bicyclic) bond motifs is 1. The van der Waals surface area contributed by atoms with Crippen LogP contribution in [0.5, 0.6) is 0 Å². The number of anilines is 4. The molecule has 2 aromatic carbocycles. The van der Waals surface area contributed by atoms with E-state index < -0.39 is 10.0 Å². The molecule has 2 aromatic rings. The second-order valence-corrected chi connectivity index (χ2v) is 15.3. The predicted molar refractivity (Wildman–Crippen MR) is 170 cm³/mol. The van der Waals surface area contributed by atoms with Gasteiger partial charge >= 0.3 is 12.1 Å². The molecule has 5 atom stereocenters. The minimum Gasteiger partial charge on any atom is -0.453 e. The molecule has 4 aliphatic carbocycles. The summed E-state index contributed by atoms with van der Waals surface area (Å²) in [6, 6.07) is 16.6. The molecule has 44 heavy (non-hydrogen) atoms. The van der Waals surface area contributed by atoms with E-state index >= 15 is 0 Å². The van der Waals surface area contributed by atoms with E-state index in [4.69, 9.17) is 4.74 Å². The number of rotatable bonds is 5. The fourth-order valence-corrected chi connectivity index (χ4v) is 9.69. The topological polar surface area (TPSA) is 115 Å². The van der Waals surface area contributed by atoms with Crippen LogP contribution in [0.25, 0.3) is 0 Å². The second kappa shape index (κ2) is 11.1. The highest BCUT2D eigenvalue weighted by Crippen LogP contribution is 2.56. The van der Waals surface area contributed by atoms with Crippen molar-refractivity contribution >= 4 is 44.9 Å². The van der Waals surface area contributed by atoms with E-state index in [1.165, 1.54) is 17.7 Å². The lowest BCUT2D eigenvalue weighted by Gasteiger charge is -2.60. The number of methoxy groups -OCH3 is 1. The first-order chi connectivity index (χ1) is 21.1. The number of ether oxygens (including phenoxy) is 1. The molecule has 6 aliphatic rings. The van der Waals surface area contributed by atoms with Crippen molar-refractivity contribution in [1.29, 1.82) is 0 Å². The van der Waals surface area contributed by atoms with Crippen LogP contribution in [0.2, 0.25) is 0 Å². The Morgan fingerprint density at radius 2 is 1.48 bits per heavy atom. The highest BCUT2D eigenvalue weighted by molar-refractivity contribution is 7.88. The molecule has 2 heterocycles. The number of hydrogen-bond donors (Lipinski definition) is 2. The zero-order chi connectivity index (χ0) is 30.6. The van der Waals surface area contributed by atoms with Crippen LogP contribution >= 0.6 is 0 Å². The van der Waals surface area contributed by atoms with Crippen LogP contribution in [-0.4, -0.2) is 89.1 Å². The van der Waals surface area contributed by atoms with Gasteiger partial charge in [-0.05, 0) is 86.3 Å². The average molecular weight is 623 g/mol. The maximum atomic E-state index is 13.9. The van der Waals surface area contributed by atoms with Gasteiger partial charge < -0.3 is 25.2 Å². The summed E-state index contributed by atoms with van der Waals surface area (Å²) in [5, 5.41) is 6.60. The molecule has 0 radical (unpaired) electrons. The van der Waals surface area contributed by atoms with E-state index in [0.717, 1.165) is 54.9 Å². The maximum absolute atomic E-state index is 13.9. The summed E-state index contributed by atoms with van der Waals surface area (Å²) in [4.78, 5) is 32.3.